The second-order valence-corrected chi connectivity index (χ2v) is 9.28. The van der Waals surface area contributed by atoms with Crippen LogP contribution in [-0.4, -0.2) is 38.0 Å². The number of nitrogens with zero attached hydrogens (tertiary/aromatic N) is 1. The number of carboxylic acid groups (broad SMARTS) is 1. The summed E-state index contributed by atoms with van der Waals surface area (Å²) in [6.07, 6.45) is -1.18. The summed E-state index contributed by atoms with van der Waals surface area (Å²) in [5, 5.41) is 33.4. The van der Waals surface area contributed by atoms with Gasteiger partial charge in [-0.1, -0.05) is 70.0 Å². The highest BCUT2D eigenvalue weighted by molar-refractivity contribution is 9.10. The fraction of sp³-hybridized carbons (Fsp3) is 0.217. The van der Waals surface area contributed by atoms with Crippen molar-refractivity contribution in [2.75, 3.05) is 0 Å². The maximum absolute atomic E-state index is 16.6. The van der Waals surface area contributed by atoms with E-state index < -0.39 is 34.9 Å². The Hall–Kier alpha value is -2.52. The van der Waals surface area contributed by atoms with Gasteiger partial charge in [0.25, 0.3) is 0 Å². The van der Waals surface area contributed by atoms with Crippen LogP contribution in [0.25, 0.3) is 0 Å². The number of aliphatic hydroxyl groups is 2. The minimum Gasteiger partial charge on any atom is -0.479 e. The number of benzene rings is 2. The number of hydrogen-bond acceptors (Lipinski definition) is 5. The van der Waals surface area contributed by atoms with Crippen molar-refractivity contribution in [2.45, 2.75) is 28.9 Å². The van der Waals surface area contributed by atoms with E-state index in [1.807, 2.05) is 0 Å². The number of pyridine rings is 1. The first-order valence-corrected chi connectivity index (χ1v) is 10.8. The van der Waals surface area contributed by atoms with E-state index in [-0.39, 0.29) is 27.6 Å². The zero-order chi connectivity index (χ0) is 22.9. The summed E-state index contributed by atoms with van der Waals surface area (Å²) in [6, 6.07) is 15.9. The Labute approximate surface area is 195 Å². The van der Waals surface area contributed by atoms with Gasteiger partial charge >= 0.3 is 5.97 Å². The number of ether oxygens (including phenoxy) is 1. The Morgan fingerprint density at radius 1 is 1.16 bits per heavy atom. The zero-order valence-corrected chi connectivity index (χ0v) is 18.6. The molecule has 0 spiro atoms. The van der Waals surface area contributed by atoms with Crippen LogP contribution in [0.3, 0.4) is 0 Å². The number of hydrogen-bond donors (Lipinski definition) is 3. The lowest BCUT2D eigenvalue weighted by atomic mass is 9.71. The van der Waals surface area contributed by atoms with Crippen LogP contribution in [0, 0.1) is 0 Å². The molecule has 6 nitrogen and oxygen atoms in total. The number of aliphatic hydroxyl groups excluding tert-OH is 1. The molecule has 5 rings (SSSR count). The van der Waals surface area contributed by atoms with Crippen molar-refractivity contribution in [1.82, 2.24) is 4.98 Å². The van der Waals surface area contributed by atoms with E-state index in [4.69, 9.17) is 16.3 Å². The Kier molecular flexibility index (Phi) is 4.66. The molecule has 5 atom stereocenters. The predicted octanol–water partition coefficient (Wildman–Crippen LogP) is 3.92. The van der Waals surface area contributed by atoms with Crippen LogP contribution in [0.15, 0.2) is 71.3 Å². The van der Waals surface area contributed by atoms with Gasteiger partial charge < -0.3 is 20.1 Å². The summed E-state index contributed by atoms with van der Waals surface area (Å²) in [5.74, 6) is -3.52. The van der Waals surface area contributed by atoms with Crippen LogP contribution in [0.5, 0.6) is 5.75 Å². The zero-order valence-electron chi connectivity index (χ0n) is 16.2. The fourth-order valence-corrected chi connectivity index (χ4v) is 5.50. The van der Waals surface area contributed by atoms with Crippen molar-refractivity contribution >= 4 is 33.5 Å². The van der Waals surface area contributed by atoms with Crippen LogP contribution in [0.4, 0.5) is 4.39 Å². The smallest absolute Gasteiger partial charge is 0.345 e. The molecule has 32 heavy (non-hydrogen) atoms. The SMILES string of the molecule is O=C(O)C1(F)[C@@H](O)[C@@]2(O)c3ncc(Cl)cc3O[C@@]2(c2ccc(Br)cc2)[C@@H]1c1ccccc1. The maximum Gasteiger partial charge on any atom is 0.345 e. The molecule has 1 unspecified atom stereocenters. The Morgan fingerprint density at radius 2 is 1.81 bits per heavy atom. The highest BCUT2D eigenvalue weighted by atomic mass is 79.9. The van der Waals surface area contributed by atoms with Crippen LogP contribution < -0.4 is 4.74 Å². The van der Waals surface area contributed by atoms with Crippen molar-refractivity contribution in [3.05, 3.63) is 93.2 Å². The van der Waals surface area contributed by atoms with Gasteiger partial charge in [0.1, 0.15) is 17.5 Å². The third kappa shape index (κ3) is 2.46. The molecule has 2 aliphatic rings. The topological polar surface area (TPSA) is 99.9 Å². The first-order chi connectivity index (χ1) is 15.2. The van der Waals surface area contributed by atoms with E-state index in [2.05, 4.69) is 20.9 Å². The molecule has 0 amide bonds. The average Bonchev–Trinajstić information content (AvgIpc) is 3.11. The number of carboxylic acids is 1. The summed E-state index contributed by atoms with van der Waals surface area (Å²) in [6.45, 7) is 0. The van der Waals surface area contributed by atoms with E-state index >= 15 is 4.39 Å². The van der Waals surface area contributed by atoms with Gasteiger partial charge in [-0.15, -0.1) is 0 Å². The first kappa shape index (κ1) is 21.3. The molecule has 0 bridgehead atoms. The average molecular weight is 521 g/mol. The number of aromatic nitrogens is 1. The molecule has 2 heterocycles. The Morgan fingerprint density at radius 3 is 2.44 bits per heavy atom. The van der Waals surface area contributed by atoms with E-state index in [0.29, 0.717) is 4.47 Å². The number of aliphatic carboxylic acids is 1. The molecule has 3 N–H and O–H groups in total. The second-order valence-electron chi connectivity index (χ2n) is 7.93. The normalized spacial score (nSPS) is 32.8. The molecule has 2 aromatic carbocycles. The van der Waals surface area contributed by atoms with Gasteiger partial charge in [-0.25, -0.2) is 9.18 Å². The largest absolute Gasteiger partial charge is 0.479 e. The minimum atomic E-state index is -3.30. The maximum atomic E-state index is 16.6. The van der Waals surface area contributed by atoms with Crippen molar-refractivity contribution in [3.63, 3.8) is 0 Å². The van der Waals surface area contributed by atoms with Crippen molar-refractivity contribution in [1.29, 1.82) is 0 Å². The Bertz CT molecular complexity index is 1230. The van der Waals surface area contributed by atoms with Crippen LogP contribution in [0.1, 0.15) is 22.7 Å². The highest BCUT2D eigenvalue weighted by Crippen LogP contribution is 2.70. The second kappa shape index (κ2) is 6.99. The lowest BCUT2D eigenvalue weighted by molar-refractivity contribution is -0.174. The van der Waals surface area contributed by atoms with Crippen LogP contribution in [-0.2, 0) is 16.0 Å². The third-order valence-corrected chi connectivity index (χ3v) is 7.11. The molecular formula is C23H16BrClFNO5. The minimum absolute atomic E-state index is 0.0374. The highest BCUT2D eigenvalue weighted by Gasteiger charge is 2.85. The number of halogens is 3. The quantitative estimate of drug-likeness (QED) is 0.484. The van der Waals surface area contributed by atoms with Crippen molar-refractivity contribution in [3.8, 4) is 5.75 Å². The fourth-order valence-electron chi connectivity index (χ4n) is 5.09. The molecule has 1 aliphatic heterocycles. The number of fused-ring (bicyclic) bond motifs is 3. The standard InChI is InChI=1S/C23H16BrClFNO5/c24-14-8-6-13(7-9-14)23-17(12-4-2-1-3-5-12)21(26,20(29)30)19(28)22(23,31)18-16(32-23)10-15(25)11-27-18/h1-11,17,19,28,31H,(H,29,30)/t17-,19-,21?,22+,23+/m1/s1. The molecule has 3 aromatic rings. The van der Waals surface area contributed by atoms with Gasteiger partial charge in [0, 0.05) is 16.7 Å². The van der Waals surface area contributed by atoms with Gasteiger partial charge in [-0.05, 0) is 23.3 Å². The first-order valence-electron chi connectivity index (χ1n) is 9.66. The summed E-state index contributed by atoms with van der Waals surface area (Å²) >= 11 is 9.42. The van der Waals surface area contributed by atoms with Gasteiger partial charge in [0.05, 0.1) is 10.9 Å². The van der Waals surface area contributed by atoms with Crippen LogP contribution >= 0.6 is 27.5 Å². The summed E-state index contributed by atoms with van der Waals surface area (Å²) in [4.78, 5) is 16.5. The van der Waals surface area contributed by atoms with E-state index in [0.717, 1.165) is 0 Å². The Balaban J connectivity index is 1.92. The molecule has 164 valence electrons. The number of alkyl halides is 1. The monoisotopic (exact) mass is 519 g/mol. The van der Waals surface area contributed by atoms with E-state index in [9.17, 15) is 20.1 Å². The van der Waals surface area contributed by atoms with Crippen molar-refractivity contribution in [2.24, 2.45) is 0 Å². The molecule has 1 fully saturated rings. The van der Waals surface area contributed by atoms with E-state index in [1.165, 1.54) is 24.4 Å². The van der Waals surface area contributed by atoms with Crippen LogP contribution in [0.2, 0.25) is 5.02 Å². The molecule has 1 aromatic heterocycles. The van der Waals surface area contributed by atoms with Gasteiger partial charge in [-0.2, -0.15) is 0 Å². The molecule has 1 aliphatic carbocycles. The molecule has 1 saturated carbocycles. The predicted molar refractivity (Wildman–Crippen MR) is 116 cm³/mol. The van der Waals surface area contributed by atoms with Gasteiger partial charge in [0.15, 0.2) is 11.2 Å². The number of carbonyl (C=O) groups is 1. The summed E-state index contributed by atoms with van der Waals surface area (Å²) in [5.41, 5.74) is -7.57. The molecule has 0 saturated heterocycles. The van der Waals surface area contributed by atoms with E-state index in [1.54, 1.807) is 42.5 Å². The van der Waals surface area contributed by atoms with Crippen molar-refractivity contribution < 1.29 is 29.2 Å². The summed E-state index contributed by atoms with van der Waals surface area (Å²) in [7, 11) is 0. The van der Waals surface area contributed by atoms with Gasteiger partial charge in [0.2, 0.25) is 5.67 Å². The summed E-state index contributed by atoms with van der Waals surface area (Å²) < 4.78 is 23.5. The van der Waals surface area contributed by atoms with Gasteiger partial charge in [-0.3, -0.25) is 4.98 Å². The molecular weight excluding hydrogens is 505 g/mol. The number of rotatable bonds is 3. The molecule has 9 heteroatoms. The third-order valence-electron chi connectivity index (χ3n) is 6.37. The molecule has 0 radical (unpaired) electrons. The lowest BCUT2D eigenvalue weighted by Gasteiger charge is -2.40. The lowest BCUT2D eigenvalue weighted by Crippen LogP contribution is -2.53.